The number of rotatable bonds is 0. The summed E-state index contributed by atoms with van der Waals surface area (Å²) in [5.41, 5.74) is 0. The van der Waals surface area contributed by atoms with Gasteiger partial charge in [-0.05, 0) is 0 Å². The van der Waals surface area contributed by atoms with E-state index in [9.17, 15) is 0 Å². The van der Waals surface area contributed by atoms with Crippen molar-refractivity contribution in [3.05, 3.63) is 0 Å². The van der Waals surface area contributed by atoms with Gasteiger partial charge in [-0.1, -0.05) is 0 Å². The van der Waals surface area contributed by atoms with Crippen molar-refractivity contribution in [3.63, 3.8) is 0 Å². The predicted molar refractivity (Wildman–Crippen MR) is 17.8 cm³/mol. The molecule has 0 unspecified atom stereocenters. The van der Waals surface area contributed by atoms with Crippen LogP contribution in [-0.4, -0.2) is 44.4 Å². The molecule has 0 aromatic heterocycles. The van der Waals surface area contributed by atoms with Gasteiger partial charge in [-0.15, -0.1) is 0 Å². The van der Waals surface area contributed by atoms with Crippen LogP contribution in [0, 0.1) is 0 Å². The molecule has 0 aliphatic heterocycles. The van der Waals surface area contributed by atoms with Crippen molar-refractivity contribution in [1.82, 2.24) is 0 Å². The Kier molecular flexibility index (Phi) is 77.8. The maximum absolute atomic E-state index is 8.38. The Bertz CT molecular complexity index is 8.00. The molecule has 0 N–H and O–H groups in total. The van der Waals surface area contributed by atoms with E-state index in [0.717, 1.165) is 0 Å². The zero-order valence-corrected chi connectivity index (χ0v) is 7.04. The Hall–Kier alpha value is 2.19. The van der Waals surface area contributed by atoms with E-state index in [4.69, 9.17) is 3.54 Å². The van der Waals surface area contributed by atoms with E-state index in [1.807, 2.05) is 0 Å². The van der Waals surface area contributed by atoms with Gasteiger partial charge in [0.25, 0.3) is 0 Å². The molecule has 0 heterocycles. The zero-order valence-electron chi connectivity index (χ0n) is 1.62. The van der Waals surface area contributed by atoms with Crippen LogP contribution in [0.15, 0.2) is 0 Å². The Morgan fingerprint density at radius 3 is 1.25 bits per heavy atom. The van der Waals surface area contributed by atoms with Gasteiger partial charge in [0.2, 0.25) is 0 Å². The first-order valence-electron chi connectivity index (χ1n) is 0.289. The first-order chi connectivity index (χ1) is 1.00. The van der Waals surface area contributed by atoms with Gasteiger partial charge in [0.15, 0.2) is 0 Å². The molecule has 0 spiro atoms. The molecular formula is H4GaInOZr. The Morgan fingerprint density at radius 1 is 1.25 bits per heavy atom. The van der Waals surface area contributed by atoms with E-state index < -0.39 is 0 Å². The van der Waals surface area contributed by atoms with Crippen molar-refractivity contribution in [2.45, 2.75) is 0 Å². The second kappa shape index (κ2) is 19.0. The van der Waals surface area contributed by atoms with Crippen LogP contribution in [0.4, 0.5) is 0 Å². The fourth-order valence-electron chi connectivity index (χ4n) is 0. The largest absolute Gasteiger partial charge is 0 e. The molecule has 0 rings (SSSR count). The SMILES string of the molecule is [InH3].[O]=[GaH].[Zr]. The normalized spacial score (nSPS) is 0.750. The van der Waals surface area contributed by atoms with E-state index in [2.05, 4.69) is 0 Å². The molecule has 20 valence electrons. The van der Waals surface area contributed by atoms with E-state index in [0.29, 0.717) is 0 Å². The van der Waals surface area contributed by atoms with Crippen LogP contribution in [-0.2, 0) is 29.7 Å². The summed E-state index contributed by atoms with van der Waals surface area (Å²) < 4.78 is 8.38. The van der Waals surface area contributed by atoms with Crippen molar-refractivity contribution in [2.75, 3.05) is 0 Å². The summed E-state index contributed by atoms with van der Waals surface area (Å²) in [6, 6.07) is 0. The fourth-order valence-corrected chi connectivity index (χ4v) is 0. The molecule has 4 heavy (non-hydrogen) atoms. The quantitative estimate of drug-likeness (QED) is 0.475. The summed E-state index contributed by atoms with van der Waals surface area (Å²) in [5, 5.41) is 0. The standard InChI is InChI=1S/Ga.In.O.Zr.4H. The fraction of sp³-hybridized carbons (Fsp3) is 0. The van der Waals surface area contributed by atoms with Crippen LogP contribution in [0.5, 0.6) is 0 Å². The van der Waals surface area contributed by atoms with Gasteiger partial charge in [0.1, 0.15) is 0 Å². The second-order valence-electron chi connectivity index (χ2n) is 0. The summed E-state index contributed by atoms with van der Waals surface area (Å²) in [6.45, 7) is 0. The van der Waals surface area contributed by atoms with Crippen LogP contribution in [0.1, 0.15) is 0 Å². The number of hydrogen-bond acceptors (Lipinski definition) is 1. The molecule has 1 nitrogen and oxygen atoms in total. The van der Waals surface area contributed by atoms with Crippen LogP contribution in [0.25, 0.3) is 0 Å². The third-order valence-electron chi connectivity index (χ3n) is 0. The van der Waals surface area contributed by atoms with E-state index >= 15 is 0 Å². The molecule has 0 aromatic carbocycles. The molecule has 0 radical (unpaired) electrons. The average molecular weight is 296 g/mol. The van der Waals surface area contributed by atoms with Crippen molar-refractivity contribution < 1.29 is 29.7 Å². The molecule has 0 fully saturated rings. The summed E-state index contributed by atoms with van der Waals surface area (Å²) in [5.74, 6) is 0. The molecular weight excluding hydrogens is 292 g/mol. The van der Waals surface area contributed by atoms with Crippen LogP contribution >= 0.6 is 0 Å². The minimum Gasteiger partial charge on any atom is 0 e. The van der Waals surface area contributed by atoms with Crippen LogP contribution < -0.4 is 0 Å². The van der Waals surface area contributed by atoms with Crippen molar-refractivity contribution >= 4 is 44.4 Å². The Balaban J connectivity index is -0.00000000500. The second-order valence-corrected chi connectivity index (χ2v) is 0. The predicted octanol–water partition coefficient (Wildman–Crippen LogP) is -1.95. The Labute approximate surface area is 73.0 Å². The van der Waals surface area contributed by atoms with E-state index in [-0.39, 0.29) is 70.6 Å². The first-order valence-corrected chi connectivity index (χ1v) is 1.50. The van der Waals surface area contributed by atoms with Crippen LogP contribution in [0.2, 0.25) is 0 Å². The van der Waals surface area contributed by atoms with Gasteiger partial charge in [0.05, 0.1) is 0 Å². The summed E-state index contributed by atoms with van der Waals surface area (Å²) in [4.78, 5) is 0. The molecule has 0 atom stereocenters. The van der Waals surface area contributed by atoms with Gasteiger partial charge in [-0.25, -0.2) is 0 Å². The molecule has 0 aromatic rings. The molecule has 0 aliphatic rings. The molecule has 0 aliphatic carbocycles. The molecule has 4 heteroatoms. The summed E-state index contributed by atoms with van der Waals surface area (Å²) in [6.07, 6.45) is 0. The van der Waals surface area contributed by atoms with Crippen molar-refractivity contribution in [1.29, 1.82) is 0 Å². The van der Waals surface area contributed by atoms with Gasteiger partial charge >= 0.3 is 47.9 Å². The molecule has 0 saturated carbocycles. The first kappa shape index (κ1) is 16.4. The molecule has 0 amide bonds. The smallest absolute Gasteiger partial charge is 0 e. The van der Waals surface area contributed by atoms with Crippen molar-refractivity contribution in [3.8, 4) is 0 Å². The minimum absolute atomic E-state index is 0. The minimum atomic E-state index is 0. The molecule has 0 saturated heterocycles. The van der Waals surface area contributed by atoms with E-state index in [1.54, 1.807) is 0 Å². The van der Waals surface area contributed by atoms with Gasteiger partial charge in [0, 0.05) is 26.2 Å². The number of hydrogen-bond donors (Lipinski definition) is 0. The van der Waals surface area contributed by atoms with Crippen LogP contribution in [0.3, 0.4) is 0 Å². The van der Waals surface area contributed by atoms with Gasteiger partial charge in [-0.3, -0.25) is 0 Å². The van der Waals surface area contributed by atoms with E-state index in [1.165, 1.54) is 0 Å². The zero-order chi connectivity index (χ0) is 2.00. The maximum Gasteiger partial charge on any atom is 0 e. The topological polar surface area (TPSA) is 17.1 Å². The third kappa shape index (κ3) is 8.89. The Morgan fingerprint density at radius 2 is 1.25 bits per heavy atom. The third-order valence-corrected chi connectivity index (χ3v) is 0. The summed E-state index contributed by atoms with van der Waals surface area (Å²) in [7, 11) is 0. The van der Waals surface area contributed by atoms with Gasteiger partial charge < -0.3 is 0 Å². The average Bonchev–Trinajstić information content (AvgIpc) is 1.00. The monoisotopic (exact) mass is 294 g/mol. The summed E-state index contributed by atoms with van der Waals surface area (Å²) >= 11 is 0.125. The van der Waals surface area contributed by atoms with Crippen molar-refractivity contribution in [2.24, 2.45) is 0 Å². The maximum atomic E-state index is 8.38. The molecule has 0 bridgehead atoms. The van der Waals surface area contributed by atoms with Gasteiger partial charge in [-0.2, -0.15) is 0 Å².